The molecule has 158 valence electrons. The normalized spacial score (nSPS) is 14.9. The average molecular weight is 428 g/mol. The molecule has 2 aromatic carbocycles. The first-order chi connectivity index (χ1) is 14.6. The van der Waals surface area contributed by atoms with E-state index in [4.69, 9.17) is 14.7 Å². The molecule has 1 aliphatic carbocycles. The summed E-state index contributed by atoms with van der Waals surface area (Å²) >= 11 is 1.54. The molecule has 0 unspecified atom stereocenters. The Labute approximate surface area is 180 Å². The largest absolute Gasteiger partial charge is 0.468 e. The standard InChI is InChI=1S/C23H25NO5S/c1-16(24-29-23(27)18-5-3-2-4-6-18)22(26)17-7-11-20(12-8-17)30-21-13-9-19(10-14-21)28-15-25/h7-14,18,25H,2-6,15H2,1H3/b24-16+. The minimum atomic E-state index is -0.357. The van der Waals surface area contributed by atoms with E-state index in [2.05, 4.69) is 5.16 Å². The van der Waals surface area contributed by atoms with Crippen molar-refractivity contribution in [1.82, 2.24) is 0 Å². The van der Waals surface area contributed by atoms with Crippen LogP contribution in [0.15, 0.2) is 63.5 Å². The second kappa shape index (κ2) is 10.9. The summed E-state index contributed by atoms with van der Waals surface area (Å²) in [5, 5.41) is 12.5. The van der Waals surface area contributed by atoms with Crippen molar-refractivity contribution in [3.8, 4) is 5.75 Å². The second-order valence-corrected chi connectivity index (χ2v) is 8.27. The number of Topliss-reactive ketones (excluding diaryl/α,β-unsaturated/α-hetero) is 1. The topological polar surface area (TPSA) is 85.2 Å². The van der Waals surface area contributed by atoms with Gasteiger partial charge in [-0.3, -0.25) is 4.79 Å². The highest BCUT2D eigenvalue weighted by atomic mass is 32.2. The highest BCUT2D eigenvalue weighted by Gasteiger charge is 2.23. The number of carbonyl (C=O) groups is 2. The van der Waals surface area contributed by atoms with Crippen LogP contribution in [-0.2, 0) is 9.63 Å². The van der Waals surface area contributed by atoms with Crippen LogP contribution in [0.3, 0.4) is 0 Å². The van der Waals surface area contributed by atoms with Gasteiger partial charge >= 0.3 is 5.97 Å². The second-order valence-electron chi connectivity index (χ2n) is 7.12. The third kappa shape index (κ3) is 6.18. The molecule has 6 nitrogen and oxygen atoms in total. The van der Waals surface area contributed by atoms with Gasteiger partial charge in [0.05, 0.1) is 5.92 Å². The number of aliphatic hydroxyl groups excluding tert-OH is 1. The Balaban J connectivity index is 1.56. The lowest BCUT2D eigenvalue weighted by molar-refractivity contribution is -0.149. The van der Waals surface area contributed by atoms with Gasteiger partial charge in [-0.2, -0.15) is 0 Å². The van der Waals surface area contributed by atoms with Crippen molar-refractivity contribution in [3.05, 3.63) is 54.1 Å². The Hall–Kier alpha value is -2.64. The molecule has 0 aliphatic heterocycles. The van der Waals surface area contributed by atoms with Crippen molar-refractivity contribution in [2.75, 3.05) is 6.79 Å². The molecule has 0 atom stereocenters. The van der Waals surface area contributed by atoms with Crippen molar-refractivity contribution < 1.29 is 24.3 Å². The summed E-state index contributed by atoms with van der Waals surface area (Å²) in [7, 11) is 0. The molecule has 1 N–H and O–H groups in total. The molecule has 1 fully saturated rings. The molecular formula is C23H25NO5S. The van der Waals surface area contributed by atoms with Crippen LogP contribution in [0.5, 0.6) is 5.75 Å². The van der Waals surface area contributed by atoms with E-state index < -0.39 is 0 Å². The molecule has 30 heavy (non-hydrogen) atoms. The van der Waals surface area contributed by atoms with Crippen LogP contribution in [0.4, 0.5) is 0 Å². The van der Waals surface area contributed by atoms with E-state index in [1.54, 1.807) is 43.0 Å². The number of hydrogen-bond acceptors (Lipinski definition) is 7. The van der Waals surface area contributed by atoms with Crippen LogP contribution in [0, 0.1) is 5.92 Å². The molecule has 0 aromatic heterocycles. The van der Waals surface area contributed by atoms with Gasteiger partial charge < -0.3 is 14.7 Å². The zero-order chi connectivity index (χ0) is 21.3. The van der Waals surface area contributed by atoms with Crippen molar-refractivity contribution >= 4 is 29.2 Å². The van der Waals surface area contributed by atoms with Crippen LogP contribution >= 0.6 is 11.8 Å². The Morgan fingerprint density at radius 3 is 2.20 bits per heavy atom. The summed E-state index contributed by atoms with van der Waals surface area (Å²) in [6, 6.07) is 14.5. The lowest BCUT2D eigenvalue weighted by atomic mass is 9.89. The number of rotatable bonds is 8. The predicted octanol–water partition coefficient (Wildman–Crippen LogP) is 4.85. The molecule has 7 heteroatoms. The van der Waals surface area contributed by atoms with E-state index in [-0.39, 0.29) is 30.2 Å². The zero-order valence-electron chi connectivity index (χ0n) is 16.9. The maximum Gasteiger partial charge on any atom is 0.338 e. The Bertz CT molecular complexity index is 887. The maximum absolute atomic E-state index is 12.5. The molecule has 0 radical (unpaired) electrons. The smallest absolute Gasteiger partial charge is 0.338 e. The van der Waals surface area contributed by atoms with E-state index >= 15 is 0 Å². The third-order valence-electron chi connectivity index (χ3n) is 4.95. The van der Waals surface area contributed by atoms with Crippen LogP contribution in [0.2, 0.25) is 0 Å². The van der Waals surface area contributed by atoms with Crippen molar-refractivity contribution in [2.45, 2.75) is 48.8 Å². The number of ether oxygens (including phenoxy) is 1. The fraction of sp³-hybridized carbons (Fsp3) is 0.348. The van der Waals surface area contributed by atoms with Crippen LogP contribution in [-0.4, -0.2) is 29.4 Å². The summed E-state index contributed by atoms with van der Waals surface area (Å²) < 4.78 is 5.01. The first kappa shape index (κ1) is 22.1. The van der Waals surface area contributed by atoms with Gasteiger partial charge in [-0.1, -0.05) is 36.2 Å². The molecule has 0 bridgehead atoms. The SMILES string of the molecule is C/C(=N\OC(=O)C1CCCCC1)C(=O)c1ccc(Sc2ccc(OCO)cc2)cc1. The maximum atomic E-state index is 12.5. The van der Waals surface area contributed by atoms with Crippen molar-refractivity contribution in [1.29, 1.82) is 0 Å². The summed E-state index contributed by atoms with van der Waals surface area (Å²) in [6.45, 7) is 1.19. The fourth-order valence-electron chi connectivity index (χ4n) is 3.27. The van der Waals surface area contributed by atoms with Gasteiger partial charge in [0, 0.05) is 15.4 Å². The van der Waals surface area contributed by atoms with Crippen LogP contribution in [0.25, 0.3) is 0 Å². The van der Waals surface area contributed by atoms with Crippen molar-refractivity contribution in [3.63, 3.8) is 0 Å². The Morgan fingerprint density at radius 1 is 1.00 bits per heavy atom. The molecule has 0 heterocycles. The summed E-state index contributed by atoms with van der Waals surface area (Å²) in [6.07, 6.45) is 4.89. The highest BCUT2D eigenvalue weighted by Crippen LogP contribution is 2.29. The minimum Gasteiger partial charge on any atom is -0.468 e. The van der Waals surface area contributed by atoms with E-state index in [9.17, 15) is 9.59 Å². The number of oxime groups is 1. The van der Waals surface area contributed by atoms with Gasteiger partial charge in [0.2, 0.25) is 5.78 Å². The molecule has 2 aromatic rings. The lowest BCUT2D eigenvalue weighted by Gasteiger charge is -2.18. The van der Waals surface area contributed by atoms with E-state index in [1.165, 1.54) is 0 Å². The number of aliphatic hydroxyl groups is 1. The first-order valence-electron chi connectivity index (χ1n) is 9.98. The van der Waals surface area contributed by atoms with Gasteiger partial charge in [0.25, 0.3) is 0 Å². The molecule has 3 rings (SSSR count). The van der Waals surface area contributed by atoms with Gasteiger partial charge in [-0.15, -0.1) is 0 Å². The quantitative estimate of drug-likeness (QED) is 0.213. The number of benzene rings is 2. The number of hydrogen-bond donors (Lipinski definition) is 1. The molecular weight excluding hydrogens is 402 g/mol. The van der Waals surface area contributed by atoms with E-state index in [0.29, 0.717) is 11.3 Å². The van der Waals surface area contributed by atoms with E-state index in [0.717, 1.165) is 41.9 Å². The molecule has 1 saturated carbocycles. The summed E-state index contributed by atoms with van der Waals surface area (Å²) in [5.74, 6) is -0.120. The molecule has 0 amide bonds. The Morgan fingerprint density at radius 2 is 1.60 bits per heavy atom. The predicted molar refractivity (Wildman–Crippen MR) is 115 cm³/mol. The monoisotopic (exact) mass is 427 g/mol. The van der Waals surface area contributed by atoms with E-state index in [1.807, 2.05) is 24.3 Å². The Kier molecular flexibility index (Phi) is 8.04. The summed E-state index contributed by atoms with van der Waals surface area (Å²) in [5.41, 5.74) is 0.639. The lowest BCUT2D eigenvalue weighted by Crippen LogP contribution is -2.20. The number of carbonyl (C=O) groups excluding carboxylic acids is 2. The van der Waals surface area contributed by atoms with Gasteiger partial charge in [0.1, 0.15) is 11.5 Å². The first-order valence-corrected chi connectivity index (χ1v) is 10.8. The minimum absolute atomic E-state index is 0.106. The zero-order valence-corrected chi connectivity index (χ0v) is 17.7. The third-order valence-corrected chi connectivity index (χ3v) is 5.96. The number of ketones is 1. The number of nitrogens with zero attached hydrogens (tertiary/aromatic N) is 1. The molecule has 0 spiro atoms. The molecule has 0 saturated heterocycles. The van der Waals surface area contributed by atoms with Crippen LogP contribution < -0.4 is 4.74 Å². The van der Waals surface area contributed by atoms with Gasteiger partial charge in [-0.25, -0.2) is 4.79 Å². The highest BCUT2D eigenvalue weighted by molar-refractivity contribution is 7.99. The van der Waals surface area contributed by atoms with Crippen molar-refractivity contribution in [2.24, 2.45) is 11.1 Å². The summed E-state index contributed by atoms with van der Waals surface area (Å²) in [4.78, 5) is 31.6. The average Bonchev–Trinajstić information content (AvgIpc) is 2.79. The fourth-order valence-corrected chi connectivity index (χ4v) is 4.08. The van der Waals surface area contributed by atoms with Gasteiger partial charge in [0.15, 0.2) is 6.79 Å². The van der Waals surface area contributed by atoms with Crippen LogP contribution in [0.1, 0.15) is 49.4 Å². The molecule has 1 aliphatic rings. The van der Waals surface area contributed by atoms with Gasteiger partial charge in [-0.05, 0) is 68.3 Å².